The van der Waals surface area contributed by atoms with Gasteiger partial charge in [0.1, 0.15) is 6.54 Å². The quantitative estimate of drug-likeness (QED) is 0.766. The Kier molecular flexibility index (Phi) is 3.39. The summed E-state index contributed by atoms with van der Waals surface area (Å²) in [4.78, 5) is 13.3. The molecule has 1 N–H and O–H groups in total. The molecule has 0 unspecified atom stereocenters. The molecule has 1 aliphatic heterocycles. The Hall–Kier alpha value is -0.860. The van der Waals surface area contributed by atoms with Crippen LogP contribution in [0.5, 0.6) is 0 Å². The lowest BCUT2D eigenvalue weighted by Gasteiger charge is -2.11. The van der Waals surface area contributed by atoms with Crippen molar-refractivity contribution in [2.75, 3.05) is 19.6 Å². The molecule has 1 aromatic carbocycles. The van der Waals surface area contributed by atoms with E-state index in [0.29, 0.717) is 17.1 Å². The van der Waals surface area contributed by atoms with E-state index in [1.165, 1.54) is 17.7 Å². The third-order valence-corrected chi connectivity index (χ3v) is 3.23. The number of ketones is 1. The first-order valence-electron chi connectivity index (χ1n) is 5.38. The van der Waals surface area contributed by atoms with E-state index in [0.717, 1.165) is 13.1 Å². The lowest BCUT2D eigenvalue weighted by Crippen LogP contribution is -3.10. The highest BCUT2D eigenvalue weighted by Gasteiger charge is 2.20. The Morgan fingerprint density at radius 2 is 1.93 bits per heavy atom. The van der Waals surface area contributed by atoms with Crippen molar-refractivity contribution in [2.24, 2.45) is 0 Å². The van der Waals surface area contributed by atoms with E-state index in [-0.39, 0.29) is 5.78 Å². The fraction of sp³-hybridized carbons (Fsp3) is 0.417. The van der Waals surface area contributed by atoms with Gasteiger partial charge in [0.05, 0.1) is 18.1 Å². The van der Waals surface area contributed by atoms with E-state index in [2.05, 4.69) is 0 Å². The first kappa shape index (κ1) is 10.7. The number of benzene rings is 1. The van der Waals surface area contributed by atoms with Gasteiger partial charge in [-0.15, -0.1) is 0 Å². The summed E-state index contributed by atoms with van der Waals surface area (Å²) < 4.78 is 0. The van der Waals surface area contributed by atoms with Gasteiger partial charge in [0.15, 0.2) is 0 Å². The van der Waals surface area contributed by atoms with Crippen LogP contribution in [0.25, 0.3) is 0 Å². The maximum absolute atomic E-state index is 11.9. The zero-order valence-electron chi connectivity index (χ0n) is 8.63. The van der Waals surface area contributed by atoms with Crippen molar-refractivity contribution in [2.45, 2.75) is 12.8 Å². The number of rotatable bonds is 3. The van der Waals surface area contributed by atoms with E-state index in [4.69, 9.17) is 11.6 Å². The Balaban J connectivity index is 2.04. The van der Waals surface area contributed by atoms with Crippen molar-refractivity contribution in [3.8, 4) is 0 Å². The van der Waals surface area contributed by atoms with Crippen molar-refractivity contribution in [1.82, 2.24) is 0 Å². The highest BCUT2D eigenvalue weighted by molar-refractivity contribution is 6.34. The van der Waals surface area contributed by atoms with Gasteiger partial charge in [-0.2, -0.15) is 0 Å². The molecule has 15 heavy (non-hydrogen) atoms. The number of halogens is 1. The molecule has 1 aromatic rings. The first-order chi connectivity index (χ1) is 7.27. The van der Waals surface area contributed by atoms with Gasteiger partial charge in [0.25, 0.3) is 0 Å². The van der Waals surface area contributed by atoms with Gasteiger partial charge in [-0.3, -0.25) is 4.79 Å². The van der Waals surface area contributed by atoms with E-state index >= 15 is 0 Å². The Bertz CT molecular complexity index is 358. The monoisotopic (exact) mass is 224 g/mol. The second-order valence-electron chi connectivity index (χ2n) is 4.04. The van der Waals surface area contributed by atoms with Crippen LogP contribution in [0.3, 0.4) is 0 Å². The number of quaternary nitrogens is 1. The second-order valence-corrected chi connectivity index (χ2v) is 4.44. The number of nitrogens with one attached hydrogen (secondary N) is 1. The SMILES string of the molecule is O=C(C[NH+]1CCCC1)c1ccccc1Cl. The first-order valence-corrected chi connectivity index (χ1v) is 5.76. The topological polar surface area (TPSA) is 21.5 Å². The second kappa shape index (κ2) is 4.77. The van der Waals surface area contributed by atoms with Crippen LogP contribution in [0.4, 0.5) is 0 Å². The number of Topliss-reactive ketones (excluding diaryl/α,β-unsaturated/α-hetero) is 1. The molecule has 1 fully saturated rings. The van der Waals surface area contributed by atoms with Gasteiger partial charge >= 0.3 is 0 Å². The van der Waals surface area contributed by atoms with Gasteiger partial charge < -0.3 is 4.90 Å². The minimum absolute atomic E-state index is 0.164. The smallest absolute Gasteiger partial charge is 0.218 e. The molecule has 0 saturated carbocycles. The molecule has 0 atom stereocenters. The highest BCUT2D eigenvalue weighted by atomic mass is 35.5. The molecule has 2 nitrogen and oxygen atoms in total. The molecule has 1 aliphatic rings. The van der Waals surface area contributed by atoms with Crippen LogP contribution in [-0.2, 0) is 0 Å². The minimum atomic E-state index is 0.164. The van der Waals surface area contributed by atoms with Crippen LogP contribution in [0, 0.1) is 0 Å². The molecule has 80 valence electrons. The normalized spacial score (nSPS) is 16.9. The Morgan fingerprint density at radius 3 is 2.60 bits per heavy atom. The molecule has 1 saturated heterocycles. The van der Waals surface area contributed by atoms with Crippen LogP contribution < -0.4 is 4.90 Å². The van der Waals surface area contributed by atoms with Crippen molar-refractivity contribution in [3.05, 3.63) is 34.9 Å². The predicted octanol–water partition coefficient (Wildman–Crippen LogP) is 1.20. The van der Waals surface area contributed by atoms with Crippen molar-refractivity contribution in [1.29, 1.82) is 0 Å². The maximum atomic E-state index is 11.9. The summed E-state index contributed by atoms with van der Waals surface area (Å²) in [6, 6.07) is 7.29. The molecule has 0 amide bonds. The number of hydrogen-bond donors (Lipinski definition) is 1. The standard InChI is InChI=1S/C12H14ClNO/c13-11-6-2-1-5-10(11)12(15)9-14-7-3-4-8-14/h1-2,5-6H,3-4,7-9H2/p+1. The molecule has 0 spiro atoms. The van der Waals surface area contributed by atoms with Gasteiger partial charge in [0.2, 0.25) is 5.78 Å². The van der Waals surface area contributed by atoms with Crippen molar-refractivity contribution in [3.63, 3.8) is 0 Å². The zero-order valence-corrected chi connectivity index (χ0v) is 9.39. The molecular formula is C12H15ClNO+. The molecule has 0 aliphatic carbocycles. The van der Waals surface area contributed by atoms with Gasteiger partial charge in [-0.05, 0) is 12.1 Å². The van der Waals surface area contributed by atoms with Crippen molar-refractivity contribution < 1.29 is 9.69 Å². The molecular weight excluding hydrogens is 210 g/mol. The molecule has 0 aromatic heterocycles. The molecule has 1 heterocycles. The average Bonchev–Trinajstić information content (AvgIpc) is 2.71. The number of likely N-dealkylation sites (tertiary alicyclic amines) is 1. The van der Waals surface area contributed by atoms with Crippen molar-refractivity contribution >= 4 is 17.4 Å². The highest BCUT2D eigenvalue weighted by Crippen LogP contribution is 2.14. The molecule has 2 rings (SSSR count). The van der Waals surface area contributed by atoms with Crippen LogP contribution in [0.15, 0.2) is 24.3 Å². The predicted molar refractivity (Wildman–Crippen MR) is 60.6 cm³/mol. The average molecular weight is 225 g/mol. The molecule has 0 radical (unpaired) electrons. The summed E-state index contributed by atoms with van der Waals surface area (Å²) in [5, 5.41) is 0.570. The summed E-state index contributed by atoms with van der Waals surface area (Å²) >= 11 is 5.97. The van der Waals surface area contributed by atoms with Crippen LogP contribution >= 0.6 is 11.6 Å². The van der Waals surface area contributed by atoms with E-state index in [1.54, 1.807) is 12.1 Å². The van der Waals surface area contributed by atoms with Gasteiger partial charge in [0, 0.05) is 18.4 Å². The summed E-state index contributed by atoms with van der Waals surface area (Å²) in [6.45, 7) is 2.83. The van der Waals surface area contributed by atoms with E-state index in [9.17, 15) is 4.79 Å². The van der Waals surface area contributed by atoms with Gasteiger partial charge in [-0.1, -0.05) is 23.7 Å². The van der Waals surface area contributed by atoms with E-state index < -0.39 is 0 Å². The Labute approximate surface area is 94.8 Å². The number of carbonyl (C=O) groups is 1. The fourth-order valence-corrected chi connectivity index (χ4v) is 2.30. The third-order valence-electron chi connectivity index (χ3n) is 2.90. The summed E-state index contributed by atoms with van der Waals surface area (Å²) in [7, 11) is 0. The fourth-order valence-electron chi connectivity index (χ4n) is 2.06. The lowest BCUT2D eigenvalue weighted by atomic mass is 10.1. The van der Waals surface area contributed by atoms with Crippen LogP contribution in [0.2, 0.25) is 5.02 Å². The lowest BCUT2D eigenvalue weighted by molar-refractivity contribution is -0.878. The third kappa shape index (κ3) is 2.58. The number of hydrogen-bond acceptors (Lipinski definition) is 1. The molecule has 3 heteroatoms. The number of carbonyl (C=O) groups excluding carboxylic acids is 1. The Morgan fingerprint density at radius 1 is 1.27 bits per heavy atom. The maximum Gasteiger partial charge on any atom is 0.218 e. The van der Waals surface area contributed by atoms with Crippen LogP contribution in [-0.4, -0.2) is 25.4 Å². The van der Waals surface area contributed by atoms with E-state index in [1.807, 2.05) is 12.1 Å². The summed E-state index contributed by atoms with van der Waals surface area (Å²) in [5.41, 5.74) is 0.665. The minimum Gasteiger partial charge on any atom is -0.328 e. The van der Waals surface area contributed by atoms with Crippen LogP contribution in [0.1, 0.15) is 23.2 Å². The zero-order chi connectivity index (χ0) is 10.7. The molecule has 0 bridgehead atoms. The summed E-state index contributed by atoms with van der Waals surface area (Å²) in [5.74, 6) is 0.164. The largest absolute Gasteiger partial charge is 0.328 e. The summed E-state index contributed by atoms with van der Waals surface area (Å²) in [6.07, 6.45) is 2.48. The van der Waals surface area contributed by atoms with Gasteiger partial charge in [-0.25, -0.2) is 0 Å².